The van der Waals surface area contributed by atoms with E-state index >= 15 is 0 Å². The molecule has 0 fully saturated rings. The zero-order valence-corrected chi connectivity index (χ0v) is 31.4. The molecule has 10 heteroatoms. The normalized spacial score (nSPS) is 14.3. The molecule has 0 aromatic rings. The Morgan fingerprint density at radius 3 is 1.81 bits per heavy atom. The van der Waals surface area contributed by atoms with E-state index in [0.717, 1.165) is 57.8 Å². The number of likely N-dealkylation sites (N-methyl/N-ethyl adjacent to an activating group) is 1. The molecule has 0 bridgehead atoms. The van der Waals surface area contributed by atoms with Crippen LogP contribution in [0.2, 0.25) is 0 Å². The maximum Gasteiger partial charge on any atom is 0.472 e. The maximum atomic E-state index is 12.6. The number of ether oxygens (including phenoxy) is 2. The van der Waals surface area contributed by atoms with Crippen LogP contribution in [0, 0.1) is 0 Å². The van der Waals surface area contributed by atoms with Crippen molar-refractivity contribution in [2.75, 3.05) is 47.5 Å². The van der Waals surface area contributed by atoms with E-state index in [9.17, 15) is 19.0 Å². The molecule has 0 aliphatic heterocycles. The second-order valence-corrected chi connectivity index (χ2v) is 14.7. The van der Waals surface area contributed by atoms with Gasteiger partial charge in [0.25, 0.3) is 0 Å². The van der Waals surface area contributed by atoms with Crippen LogP contribution in [-0.2, 0) is 32.7 Å². The number of rotatable bonds is 32. The Bertz CT molecular complexity index is 913. The zero-order chi connectivity index (χ0) is 35.1. The molecular formula is C37H69NO8P+. The molecule has 0 amide bonds. The van der Waals surface area contributed by atoms with E-state index in [1.807, 2.05) is 21.1 Å². The van der Waals surface area contributed by atoms with Gasteiger partial charge in [0.1, 0.15) is 19.8 Å². The molecule has 274 valence electrons. The molecule has 0 saturated heterocycles. The molecule has 47 heavy (non-hydrogen) atoms. The fourth-order valence-electron chi connectivity index (χ4n) is 4.56. The van der Waals surface area contributed by atoms with Gasteiger partial charge in [-0.05, 0) is 44.9 Å². The average Bonchev–Trinajstić information content (AvgIpc) is 3.01. The molecule has 0 rings (SSSR count). The van der Waals surface area contributed by atoms with Crippen molar-refractivity contribution in [2.24, 2.45) is 0 Å². The first-order valence-electron chi connectivity index (χ1n) is 18.2. The topological polar surface area (TPSA) is 108 Å². The smallest absolute Gasteiger partial charge is 0.462 e. The summed E-state index contributed by atoms with van der Waals surface area (Å²) in [5, 5.41) is 0. The summed E-state index contributed by atoms with van der Waals surface area (Å²) in [7, 11) is 1.45. The highest BCUT2D eigenvalue weighted by Gasteiger charge is 2.27. The van der Waals surface area contributed by atoms with E-state index in [1.54, 1.807) is 0 Å². The number of phosphoric ester groups is 1. The molecular weight excluding hydrogens is 617 g/mol. The van der Waals surface area contributed by atoms with Crippen LogP contribution in [0.3, 0.4) is 0 Å². The van der Waals surface area contributed by atoms with Gasteiger partial charge in [0, 0.05) is 12.8 Å². The minimum Gasteiger partial charge on any atom is -0.462 e. The maximum absolute atomic E-state index is 12.6. The Hall–Kier alpha value is -1.77. The van der Waals surface area contributed by atoms with Crippen LogP contribution in [0.5, 0.6) is 0 Å². The summed E-state index contributed by atoms with van der Waals surface area (Å²) in [5.74, 6) is -0.838. The minimum absolute atomic E-state index is 0.0259. The lowest BCUT2D eigenvalue weighted by Crippen LogP contribution is -2.37. The summed E-state index contributed by atoms with van der Waals surface area (Å²) >= 11 is 0. The third-order valence-corrected chi connectivity index (χ3v) is 8.42. The molecule has 0 aromatic carbocycles. The van der Waals surface area contributed by atoms with Gasteiger partial charge in [-0.2, -0.15) is 0 Å². The summed E-state index contributed by atoms with van der Waals surface area (Å²) in [6, 6.07) is 0. The lowest BCUT2D eigenvalue weighted by Gasteiger charge is -2.24. The van der Waals surface area contributed by atoms with Crippen molar-refractivity contribution < 1.29 is 42.1 Å². The van der Waals surface area contributed by atoms with Crippen LogP contribution in [0.1, 0.15) is 136 Å². The van der Waals surface area contributed by atoms with E-state index in [1.165, 1.54) is 44.9 Å². The Labute approximate surface area is 287 Å². The highest BCUT2D eigenvalue weighted by atomic mass is 31.2. The number of carbonyl (C=O) groups is 2. The number of unbranched alkanes of at least 4 members (excludes halogenated alkanes) is 12. The van der Waals surface area contributed by atoms with Crippen molar-refractivity contribution in [3.05, 3.63) is 36.5 Å². The van der Waals surface area contributed by atoms with E-state index in [2.05, 4.69) is 50.3 Å². The average molecular weight is 687 g/mol. The first kappa shape index (κ1) is 45.2. The highest BCUT2D eigenvalue weighted by Crippen LogP contribution is 2.43. The summed E-state index contributed by atoms with van der Waals surface area (Å²) in [6.07, 6.45) is 30.6. The second kappa shape index (κ2) is 30.3. The van der Waals surface area contributed by atoms with Crippen molar-refractivity contribution in [3.8, 4) is 0 Å². The van der Waals surface area contributed by atoms with Crippen LogP contribution in [-0.4, -0.2) is 74.9 Å². The summed E-state index contributed by atoms with van der Waals surface area (Å²) in [4.78, 5) is 35.0. The van der Waals surface area contributed by atoms with Crippen LogP contribution in [0.25, 0.3) is 0 Å². The Kier molecular flexibility index (Phi) is 29.2. The lowest BCUT2D eigenvalue weighted by atomic mass is 10.1. The fraction of sp³-hybridized carbons (Fsp3) is 0.784. The zero-order valence-electron chi connectivity index (χ0n) is 30.5. The van der Waals surface area contributed by atoms with Gasteiger partial charge >= 0.3 is 19.8 Å². The molecule has 1 N–H and O–H groups in total. The number of allylic oxidation sites excluding steroid dienone is 6. The number of hydrogen-bond acceptors (Lipinski definition) is 7. The quantitative estimate of drug-likeness (QED) is 0.0245. The third kappa shape index (κ3) is 33.9. The fourth-order valence-corrected chi connectivity index (χ4v) is 5.30. The third-order valence-electron chi connectivity index (χ3n) is 7.43. The van der Waals surface area contributed by atoms with Gasteiger partial charge < -0.3 is 18.9 Å². The van der Waals surface area contributed by atoms with Crippen molar-refractivity contribution in [3.63, 3.8) is 0 Å². The number of esters is 2. The lowest BCUT2D eigenvalue weighted by molar-refractivity contribution is -0.870. The predicted molar refractivity (Wildman–Crippen MR) is 192 cm³/mol. The van der Waals surface area contributed by atoms with E-state index < -0.39 is 26.5 Å². The van der Waals surface area contributed by atoms with Crippen LogP contribution in [0.4, 0.5) is 0 Å². The SMILES string of the molecule is CC/C=C\C/C=C\C/C=C\CCCCCC(=O)OC(COC(=O)CCCCCCCCCCCC)COP(=O)(O)OCC[N+](C)(C)C. The van der Waals surface area contributed by atoms with Crippen molar-refractivity contribution in [2.45, 2.75) is 142 Å². The number of phosphoric acid groups is 1. The van der Waals surface area contributed by atoms with Gasteiger partial charge in [-0.3, -0.25) is 18.6 Å². The van der Waals surface area contributed by atoms with Crippen LogP contribution < -0.4 is 0 Å². The second-order valence-electron chi connectivity index (χ2n) is 13.2. The van der Waals surface area contributed by atoms with Gasteiger partial charge in [0.15, 0.2) is 6.10 Å². The first-order valence-corrected chi connectivity index (χ1v) is 19.7. The Balaban J connectivity index is 4.53. The monoisotopic (exact) mass is 686 g/mol. The molecule has 2 unspecified atom stereocenters. The molecule has 0 heterocycles. The molecule has 0 aliphatic carbocycles. The summed E-state index contributed by atoms with van der Waals surface area (Å²) in [6.45, 7) is 4.23. The van der Waals surface area contributed by atoms with Gasteiger partial charge in [-0.25, -0.2) is 4.57 Å². The van der Waals surface area contributed by atoms with Crippen molar-refractivity contribution in [1.29, 1.82) is 0 Å². The molecule has 0 aromatic heterocycles. The number of hydrogen-bond donors (Lipinski definition) is 1. The number of quaternary nitrogens is 1. The number of carbonyl (C=O) groups excluding carboxylic acids is 2. The predicted octanol–water partition coefficient (Wildman–Crippen LogP) is 9.40. The molecule has 0 radical (unpaired) electrons. The largest absolute Gasteiger partial charge is 0.472 e. The van der Waals surface area contributed by atoms with Crippen LogP contribution >= 0.6 is 7.82 Å². The van der Waals surface area contributed by atoms with E-state index in [4.69, 9.17) is 18.5 Å². The molecule has 2 atom stereocenters. The Morgan fingerprint density at radius 2 is 1.21 bits per heavy atom. The van der Waals surface area contributed by atoms with E-state index in [0.29, 0.717) is 17.4 Å². The standard InChI is InChI=1S/C37H68NO8P/c1-6-8-10-12-14-16-18-19-20-22-24-26-28-30-37(40)46-35(34-45-47(41,42)44-32-31-38(3,4)5)33-43-36(39)29-27-25-23-21-17-15-13-11-9-7-2/h8,10,14,16,19-20,35H,6-7,9,11-13,15,17-18,21-34H2,1-5H3/p+1/b10-8-,16-14-,20-19-. The van der Waals surface area contributed by atoms with Crippen molar-refractivity contribution >= 4 is 19.8 Å². The Morgan fingerprint density at radius 1 is 0.681 bits per heavy atom. The van der Waals surface area contributed by atoms with Gasteiger partial charge in [0.2, 0.25) is 0 Å². The van der Waals surface area contributed by atoms with Gasteiger partial charge in [0.05, 0.1) is 27.7 Å². The van der Waals surface area contributed by atoms with Gasteiger partial charge in [-0.1, -0.05) is 115 Å². The molecule has 0 saturated carbocycles. The first-order chi connectivity index (χ1) is 22.5. The molecule has 0 aliphatic rings. The number of nitrogens with zero attached hydrogens (tertiary/aromatic N) is 1. The van der Waals surface area contributed by atoms with Crippen molar-refractivity contribution in [1.82, 2.24) is 0 Å². The summed E-state index contributed by atoms with van der Waals surface area (Å²) < 4.78 is 34.0. The molecule has 0 spiro atoms. The van der Waals surface area contributed by atoms with E-state index in [-0.39, 0.29) is 32.0 Å². The minimum atomic E-state index is -4.37. The van der Waals surface area contributed by atoms with Gasteiger partial charge in [-0.15, -0.1) is 0 Å². The highest BCUT2D eigenvalue weighted by molar-refractivity contribution is 7.47. The molecule has 9 nitrogen and oxygen atoms in total. The van der Waals surface area contributed by atoms with Crippen LogP contribution in [0.15, 0.2) is 36.5 Å². The summed E-state index contributed by atoms with van der Waals surface area (Å²) in [5.41, 5.74) is 0.